The number of halogens is 1. The van der Waals surface area contributed by atoms with E-state index in [1.54, 1.807) is 11.8 Å². The summed E-state index contributed by atoms with van der Waals surface area (Å²) >= 11 is 6.65. The smallest absolute Gasteiger partial charge is 0.170 e. The Bertz CT molecular complexity index is 542. The van der Waals surface area contributed by atoms with Gasteiger partial charge in [0.25, 0.3) is 0 Å². The molecule has 0 spiro atoms. The average Bonchev–Trinajstić information content (AvgIpc) is 2.83. The first-order chi connectivity index (χ1) is 9.10. The molecule has 1 aromatic carbocycles. The van der Waals surface area contributed by atoms with Crippen LogP contribution in [0.15, 0.2) is 33.1 Å². The van der Waals surface area contributed by atoms with Crippen molar-refractivity contribution in [3.63, 3.8) is 0 Å². The highest BCUT2D eigenvalue weighted by molar-refractivity contribution is 9.10. The van der Waals surface area contributed by atoms with E-state index in [9.17, 15) is 0 Å². The van der Waals surface area contributed by atoms with Crippen molar-refractivity contribution in [1.82, 2.24) is 9.36 Å². The van der Waals surface area contributed by atoms with Gasteiger partial charge in [-0.3, -0.25) is 0 Å². The molecule has 0 bridgehead atoms. The molecule has 6 heteroatoms. The van der Waals surface area contributed by atoms with Crippen LogP contribution in [0.5, 0.6) is 0 Å². The lowest BCUT2D eigenvalue weighted by molar-refractivity contribution is 0.720. The molecule has 0 radical (unpaired) electrons. The molecule has 0 saturated carbocycles. The Morgan fingerprint density at radius 3 is 2.84 bits per heavy atom. The highest BCUT2D eigenvalue weighted by Gasteiger charge is 2.20. The summed E-state index contributed by atoms with van der Waals surface area (Å²) in [5, 5.41) is 0.190. The Balaban J connectivity index is 2.21. The van der Waals surface area contributed by atoms with E-state index in [0.29, 0.717) is 0 Å². The van der Waals surface area contributed by atoms with Crippen molar-refractivity contribution in [2.75, 3.05) is 0 Å². The van der Waals surface area contributed by atoms with Crippen LogP contribution in [-0.4, -0.2) is 15.4 Å². The Morgan fingerprint density at radius 2 is 2.26 bits per heavy atom. The number of benzene rings is 1. The molecule has 0 fully saturated rings. The van der Waals surface area contributed by atoms with Crippen molar-refractivity contribution < 1.29 is 0 Å². The molecule has 0 aliphatic carbocycles. The molecule has 19 heavy (non-hydrogen) atoms. The molecule has 0 aliphatic heterocycles. The molecule has 0 saturated heterocycles. The summed E-state index contributed by atoms with van der Waals surface area (Å²) in [5.41, 5.74) is 7.34. The Kier molecular flexibility index (Phi) is 5.38. The monoisotopic (exact) mass is 357 g/mol. The summed E-state index contributed by atoms with van der Waals surface area (Å²) in [7, 11) is 0. The number of nitrogens with zero attached hydrogens (tertiary/aromatic N) is 2. The van der Waals surface area contributed by atoms with Crippen LogP contribution in [0.1, 0.15) is 30.5 Å². The quantitative estimate of drug-likeness (QED) is 0.820. The van der Waals surface area contributed by atoms with Crippen molar-refractivity contribution in [3.05, 3.63) is 40.1 Å². The summed E-state index contributed by atoms with van der Waals surface area (Å²) in [6.07, 6.45) is 0.872. The van der Waals surface area contributed by atoms with Crippen molar-refractivity contribution in [2.24, 2.45) is 5.73 Å². The number of aromatic nitrogens is 2. The molecular weight excluding hydrogens is 342 g/mol. The third-order valence-electron chi connectivity index (χ3n) is 2.65. The molecular formula is C13H16BrN3S2. The first kappa shape index (κ1) is 15.0. The second kappa shape index (κ2) is 6.83. The number of hydrogen-bond acceptors (Lipinski definition) is 5. The van der Waals surface area contributed by atoms with Gasteiger partial charge in [0.2, 0.25) is 0 Å². The fourth-order valence-corrected chi connectivity index (χ4v) is 4.08. The zero-order valence-corrected chi connectivity index (χ0v) is 14.1. The van der Waals surface area contributed by atoms with E-state index < -0.39 is 0 Å². The number of nitrogens with two attached hydrogens (primary N) is 1. The van der Waals surface area contributed by atoms with Gasteiger partial charge in [0, 0.05) is 16.9 Å². The summed E-state index contributed by atoms with van der Waals surface area (Å²) in [6, 6.07) is 8.32. The minimum absolute atomic E-state index is 0.0493. The van der Waals surface area contributed by atoms with E-state index in [0.717, 1.165) is 21.1 Å². The van der Waals surface area contributed by atoms with Crippen LogP contribution in [0.4, 0.5) is 0 Å². The zero-order valence-electron chi connectivity index (χ0n) is 10.8. The standard InChI is InChI=1S/C13H16BrN3S2/c1-3-11-16-13(19-17-11)18-12(8(2)15)9-5-4-6-10(14)7-9/h4-8,12H,3,15H2,1-2H3. The topological polar surface area (TPSA) is 51.8 Å². The Labute approximate surface area is 130 Å². The van der Waals surface area contributed by atoms with E-state index in [1.165, 1.54) is 17.1 Å². The molecule has 0 amide bonds. The molecule has 2 N–H and O–H groups in total. The summed E-state index contributed by atoms with van der Waals surface area (Å²) in [5.74, 6) is 0.908. The second-order valence-electron chi connectivity index (χ2n) is 4.28. The molecule has 0 aliphatic rings. The van der Waals surface area contributed by atoms with Crippen LogP contribution < -0.4 is 5.73 Å². The maximum atomic E-state index is 6.13. The molecule has 1 aromatic heterocycles. The Hall–Kier alpha value is -0.430. The van der Waals surface area contributed by atoms with E-state index in [2.05, 4.69) is 44.3 Å². The van der Waals surface area contributed by atoms with Crippen LogP contribution >= 0.6 is 39.2 Å². The fraction of sp³-hybridized carbons (Fsp3) is 0.385. The molecule has 3 nitrogen and oxygen atoms in total. The predicted octanol–water partition coefficient (Wildman–Crippen LogP) is 4.04. The lowest BCUT2D eigenvalue weighted by Gasteiger charge is -2.19. The van der Waals surface area contributed by atoms with Gasteiger partial charge in [0.05, 0.1) is 5.25 Å². The summed E-state index contributed by atoms with van der Waals surface area (Å²) in [4.78, 5) is 4.50. The average molecular weight is 358 g/mol. The number of hydrogen-bond donors (Lipinski definition) is 1. The molecule has 1 heterocycles. The highest BCUT2D eigenvalue weighted by atomic mass is 79.9. The van der Waals surface area contributed by atoms with Crippen LogP contribution in [0.25, 0.3) is 0 Å². The van der Waals surface area contributed by atoms with E-state index in [4.69, 9.17) is 5.73 Å². The molecule has 2 unspecified atom stereocenters. The highest BCUT2D eigenvalue weighted by Crippen LogP contribution is 2.38. The van der Waals surface area contributed by atoms with Crippen LogP contribution in [-0.2, 0) is 6.42 Å². The third kappa shape index (κ3) is 4.02. The van der Waals surface area contributed by atoms with Crippen molar-refractivity contribution in [3.8, 4) is 0 Å². The van der Waals surface area contributed by atoms with Gasteiger partial charge in [-0.2, -0.15) is 4.37 Å². The molecule has 2 rings (SSSR count). The SMILES string of the molecule is CCc1nsc(SC(c2cccc(Br)c2)C(C)N)n1. The van der Waals surface area contributed by atoms with Gasteiger partial charge in [-0.15, -0.1) is 0 Å². The minimum Gasteiger partial charge on any atom is -0.327 e. The van der Waals surface area contributed by atoms with Gasteiger partial charge < -0.3 is 5.73 Å². The molecule has 2 atom stereocenters. The number of aryl methyl sites for hydroxylation is 1. The molecule has 2 aromatic rings. The van der Waals surface area contributed by atoms with Gasteiger partial charge in [0.15, 0.2) is 4.34 Å². The third-order valence-corrected chi connectivity index (χ3v) is 5.45. The van der Waals surface area contributed by atoms with E-state index in [1.807, 2.05) is 19.1 Å². The number of thioether (sulfide) groups is 1. The number of rotatable bonds is 5. The predicted molar refractivity (Wildman–Crippen MR) is 85.7 cm³/mol. The van der Waals surface area contributed by atoms with Crippen LogP contribution in [0.2, 0.25) is 0 Å². The van der Waals surface area contributed by atoms with Gasteiger partial charge in [0.1, 0.15) is 5.82 Å². The van der Waals surface area contributed by atoms with Gasteiger partial charge in [-0.05, 0) is 36.2 Å². The largest absolute Gasteiger partial charge is 0.327 e. The van der Waals surface area contributed by atoms with Crippen LogP contribution in [0.3, 0.4) is 0 Å². The van der Waals surface area contributed by atoms with Gasteiger partial charge in [-0.1, -0.05) is 46.7 Å². The second-order valence-corrected chi connectivity index (χ2v) is 7.34. The lowest BCUT2D eigenvalue weighted by atomic mass is 10.1. The minimum atomic E-state index is 0.0493. The van der Waals surface area contributed by atoms with Crippen molar-refractivity contribution in [2.45, 2.75) is 35.9 Å². The zero-order chi connectivity index (χ0) is 13.8. The fourth-order valence-electron chi connectivity index (χ4n) is 1.70. The summed E-state index contributed by atoms with van der Waals surface area (Å²) < 4.78 is 6.38. The van der Waals surface area contributed by atoms with Crippen molar-refractivity contribution >= 4 is 39.2 Å². The first-order valence-corrected chi connectivity index (χ1v) is 8.55. The maximum absolute atomic E-state index is 6.13. The van der Waals surface area contributed by atoms with Crippen LogP contribution in [0, 0.1) is 0 Å². The Morgan fingerprint density at radius 1 is 1.47 bits per heavy atom. The maximum Gasteiger partial charge on any atom is 0.170 e. The van der Waals surface area contributed by atoms with Crippen molar-refractivity contribution in [1.29, 1.82) is 0 Å². The lowest BCUT2D eigenvalue weighted by Crippen LogP contribution is -2.22. The van der Waals surface area contributed by atoms with Gasteiger partial charge >= 0.3 is 0 Å². The van der Waals surface area contributed by atoms with E-state index >= 15 is 0 Å². The first-order valence-electron chi connectivity index (χ1n) is 6.10. The van der Waals surface area contributed by atoms with Gasteiger partial charge in [-0.25, -0.2) is 4.98 Å². The normalized spacial score (nSPS) is 14.3. The van der Waals surface area contributed by atoms with E-state index in [-0.39, 0.29) is 11.3 Å². The molecule has 102 valence electrons. The summed E-state index contributed by atoms with van der Waals surface area (Å²) in [6.45, 7) is 4.09.